The minimum Gasteiger partial charge on any atom is -0.361 e. The summed E-state index contributed by atoms with van der Waals surface area (Å²) in [5, 5.41) is 0. The molecule has 1 fully saturated rings. The summed E-state index contributed by atoms with van der Waals surface area (Å²) in [5.41, 5.74) is -1.32. The Morgan fingerprint density at radius 1 is 1.18 bits per heavy atom. The molecule has 1 saturated heterocycles. The van der Waals surface area contributed by atoms with Crippen LogP contribution in [0.5, 0.6) is 0 Å². The lowest BCUT2D eigenvalue weighted by atomic mass is 9.85. The molecule has 1 unspecified atom stereocenters. The molecule has 0 aromatic carbocycles. The fourth-order valence-electron chi connectivity index (χ4n) is 2.48. The van der Waals surface area contributed by atoms with Crippen molar-refractivity contribution < 1.29 is 19.0 Å². The fourth-order valence-corrected chi connectivity index (χ4v) is 2.48. The van der Waals surface area contributed by atoms with Crippen molar-refractivity contribution in [3.63, 3.8) is 0 Å². The molecule has 0 aliphatic carbocycles. The van der Waals surface area contributed by atoms with E-state index in [1.54, 1.807) is 13.8 Å². The van der Waals surface area contributed by atoms with Gasteiger partial charge in [-0.25, -0.2) is 0 Å². The maximum atomic E-state index is 12.3. The first kappa shape index (κ1) is 14.6. The molecule has 1 rings (SSSR count). The van der Waals surface area contributed by atoms with E-state index in [2.05, 4.69) is 0 Å². The van der Waals surface area contributed by atoms with E-state index in [-0.39, 0.29) is 11.7 Å². The molecule has 0 saturated carbocycles. The van der Waals surface area contributed by atoms with E-state index >= 15 is 0 Å². The number of ether oxygens (including phenoxy) is 3. The van der Waals surface area contributed by atoms with Crippen molar-refractivity contribution in [2.45, 2.75) is 59.0 Å². The molecule has 4 heteroatoms. The minimum atomic E-state index is -0.763. The van der Waals surface area contributed by atoms with Gasteiger partial charge in [-0.3, -0.25) is 4.79 Å². The smallest absolute Gasteiger partial charge is 0.175 e. The molecule has 1 aliphatic heterocycles. The summed E-state index contributed by atoms with van der Waals surface area (Å²) in [5.74, 6) is -0.327. The highest BCUT2D eigenvalue weighted by atomic mass is 16.7. The Hall–Kier alpha value is -0.450. The molecule has 17 heavy (non-hydrogen) atoms. The van der Waals surface area contributed by atoms with Crippen molar-refractivity contribution in [1.82, 2.24) is 0 Å². The van der Waals surface area contributed by atoms with Gasteiger partial charge < -0.3 is 14.2 Å². The third-order valence-corrected chi connectivity index (χ3v) is 3.08. The lowest BCUT2D eigenvalue weighted by Gasteiger charge is -2.30. The van der Waals surface area contributed by atoms with Gasteiger partial charge in [0.05, 0.1) is 5.60 Å². The first-order chi connectivity index (χ1) is 7.76. The van der Waals surface area contributed by atoms with Gasteiger partial charge in [0.15, 0.2) is 12.1 Å². The van der Waals surface area contributed by atoms with Gasteiger partial charge >= 0.3 is 0 Å². The zero-order valence-corrected chi connectivity index (χ0v) is 11.7. The van der Waals surface area contributed by atoms with Crippen molar-refractivity contribution >= 4 is 5.78 Å². The quantitative estimate of drug-likeness (QED) is 0.695. The summed E-state index contributed by atoms with van der Waals surface area (Å²) in [4.78, 5) is 12.3. The van der Waals surface area contributed by atoms with Gasteiger partial charge in [0.2, 0.25) is 0 Å². The van der Waals surface area contributed by atoms with E-state index in [0.29, 0.717) is 13.2 Å². The van der Waals surface area contributed by atoms with Crippen LogP contribution in [0.15, 0.2) is 0 Å². The molecule has 0 spiro atoms. The summed E-state index contributed by atoms with van der Waals surface area (Å²) in [7, 11) is 0. The van der Waals surface area contributed by atoms with Crippen LogP contribution in [0.4, 0.5) is 0 Å². The van der Waals surface area contributed by atoms with Crippen LogP contribution < -0.4 is 0 Å². The Morgan fingerprint density at radius 2 is 1.65 bits per heavy atom. The summed E-state index contributed by atoms with van der Waals surface area (Å²) in [6.45, 7) is 12.2. The molecule has 0 radical (unpaired) electrons. The molecule has 1 heterocycles. The summed E-state index contributed by atoms with van der Waals surface area (Å²) < 4.78 is 16.9. The number of hydrogen-bond acceptors (Lipinski definition) is 4. The monoisotopic (exact) mass is 244 g/mol. The van der Waals surface area contributed by atoms with Crippen molar-refractivity contribution in [2.24, 2.45) is 5.92 Å². The SMILES string of the molecule is CCOC(OCC)C1C(=O)C(C)(C)OC1(C)C. The van der Waals surface area contributed by atoms with E-state index in [0.717, 1.165) is 0 Å². The normalized spacial score (nSPS) is 26.8. The van der Waals surface area contributed by atoms with E-state index in [9.17, 15) is 4.79 Å². The Kier molecular flexibility index (Phi) is 4.33. The Balaban J connectivity index is 2.96. The van der Waals surface area contributed by atoms with Crippen LogP contribution in [0.25, 0.3) is 0 Å². The fraction of sp³-hybridized carbons (Fsp3) is 0.923. The van der Waals surface area contributed by atoms with Crippen LogP contribution in [0.3, 0.4) is 0 Å². The van der Waals surface area contributed by atoms with Gasteiger partial charge in [0.1, 0.15) is 11.5 Å². The third-order valence-electron chi connectivity index (χ3n) is 3.08. The number of carbonyl (C=O) groups excluding carboxylic acids is 1. The lowest BCUT2D eigenvalue weighted by molar-refractivity contribution is -0.192. The Bertz CT molecular complexity index is 277. The average molecular weight is 244 g/mol. The summed E-state index contributed by atoms with van der Waals surface area (Å²) in [6, 6.07) is 0. The Morgan fingerprint density at radius 3 is 1.94 bits per heavy atom. The predicted octanol–water partition coefficient (Wildman–Crippen LogP) is 2.16. The molecule has 100 valence electrons. The molecule has 1 aliphatic rings. The maximum Gasteiger partial charge on any atom is 0.175 e. The molecule has 0 amide bonds. The largest absolute Gasteiger partial charge is 0.361 e. The van der Waals surface area contributed by atoms with Gasteiger partial charge in [-0.1, -0.05) is 0 Å². The van der Waals surface area contributed by atoms with E-state index in [1.165, 1.54) is 0 Å². The molecule has 1 atom stereocenters. The highest BCUT2D eigenvalue weighted by Gasteiger charge is 2.57. The maximum absolute atomic E-state index is 12.3. The highest BCUT2D eigenvalue weighted by molar-refractivity contribution is 5.92. The zero-order chi connectivity index (χ0) is 13.3. The summed E-state index contributed by atoms with van der Waals surface area (Å²) in [6.07, 6.45) is -0.519. The minimum absolute atomic E-state index is 0.0504. The first-order valence-electron chi connectivity index (χ1n) is 6.24. The number of ketones is 1. The second kappa shape index (κ2) is 5.04. The zero-order valence-electron chi connectivity index (χ0n) is 11.7. The van der Waals surface area contributed by atoms with Crippen LogP contribution in [0, 0.1) is 5.92 Å². The van der Waals surface area contributed by atoms with Crippen LogP contribution in [0.2, 0.25) is 0 Å². The van der Waals surface area contributed by atoms with Crippen LogP contribution in [-0.4, -0.2) is 36.5 Å². The van der Waals surface area contributed by atoms with E-state index < -0.39 is 17.5 Å². The predicted molar refractivity (Wildman–Crippen MR) is 64.8 cm³/mol. The van der Waals surface area contributed by atoms with Crippen LogP contribution in [0.1, 0.15) is 41.5 Å². The van der Waals surface area contributed by atoms with Gasteiger partial charge in [-0.2, -0.15) is 0 Å². The van der Waals surface area contributed by atoms with E-state index in [1.807, 2.05) is 27.7 Å². The van der Waals surface area contributed by atoms with Crippen molar-refractivity contribution in [3.8, 4) is 0 Å². The second-order valence-corrected chi connectivity index (χ2v) is 5.34. The number of carbonyl (C=O) groups is 1. The molecule has 4 nitrogen and oxygen atoms in total. The van der Waals surface area contributed by atoms with E-state index in [4.69, 9.17) is 14.2 Å². The molecule has 0 aromatic rings. The number of rotatable bonds is 5. The molecule has 0 bridgehead atoms. The average Bonchev–Trinajstić information content (AvgIpc) is 2.31. The third kappa shape index (κ3) is 2.87. The van der Waals surface area contributed by atoms with Gasteiger partial charge in [0, 0.05) is 13.2 Å². The summed E-state index contributed by atoms with van der Waals surface area (Å²) >= 11 is 0. The van der Waals surface area contributed by atoms with Gasteiger partial charge in [-0.15, -0.1) is 0 Å². The number of hydrogen-bond donors (Lipinski definition) is 0. The highest BCUT2D eigenvalue weighted by Crippen LogP contribution is 2.41. The molecular formula is C13H24O4. The second-order valence-electron chi connectivity index (χ2n) is 5.34. The lowest BCUT2D eigenvalue weighted by Crippen LogP contribution is -2.43. The van der Waals surface area contributed by atoms with Crippen molar-refractivity contribution in [2.75, 3.05) is 13.2 Å². The van der Waals surface area contributed by atoms with Crippen LogP contribution in [-0.2, 0) is 19.0 Å². The molecular weight excluding hydrogens is 220 g/mol. The first-order valence-corrected chi connectivity index (χ1v) is 6.24. The molecule has 0 N–H and O–H groups in total. The standard InChI is InChI=1S/C13H24O4/c1-7-15-11(16-8-2)9-10(14)13(5,6)17-12(9,3)4/h9,11H,7-8H2,1-6H3. The van der Waals surface area contributed by atoms with Crippen molar-refractivity contribution in [1.29, 1.82) is 0 Å². The molecule has 0 aromatic heterocycles. The van der Waals surface area contributed by atoms with Crippen molar-refractivity contribution in [3.05, 3.63) is 0 Å². The van der Waals surface area contributed by atoms with Gasteiger partial charge in [-0.05, 0) is 41.5 Å². The number of Topliss-reactive ketones (excluding diaryl/α,β-unsaturated/α-hetero) is 1. The van der Waals surface area contributed by atoms with Crippen LogP contribution >= 0.6 is 0 Å². The van der Waals surface area contributed by atoms with Gasteiger partial charge in [0.25, 0.3) is 0 Å². The topological polar surface area (TPSA) is 44.8 Å². The Labute approximate surface area is 104 Å².